The minimum absolute atomic E-state index is 0.00125. The third kappa shape index (κ3) is 2.64. The first kappa shape index (κ1) is 12.1. The van der Waals surface area contributed by atoms with E-state index in [1.165, 1.54) is 12.8 Å². The molecule has 0 aromatic rings. The number of nitrogens with zero attached hydrogens (tertiary/aromatic N) is 1. The highest BCUT2D eigenvalue weighted by atomic mass is 16.5. The Morgan fingerprint density at radius 1 is 1.44 bits per heavy atom. The molecule has 1 heterocycles. The Balaban J connectivity index is 1.96. The fourth-order valence-corrected chi connectivity index (χ4v) is 3.04. The molecule has 2 atom stereocenters. The molecule has 0 aromatic carbocycles. The Labute approximate surface area is 98.1 Å². The molecule has 1 aliphatic carbocycles. The minimum Gasteiger partial charge on any atom is -0.377 e. The number of likely N-dealkylation sites (tertiary alicyclic amines) is 1. The molecular formula is C13H23NO2. The number of ether oxygens (including phenoxy) is 1. The zero-order valence-corrected chi connectivity index (χ0v) is 10.5. The molecule has 2 aliphatic rings. The minimum atomic E-state index is -0.00125. The van der Waals surface area contributed by atoms with Crippen molar-refractivity contribution in [1.82, 2.24) is 4.90 Å². The van der Waals surface area contributed by atoms with Crippen LogP contribution in [0.5, 0.6) is 0 Å². The van der Waals surface area contributed by atoms with Crippen LogP contribution in [0.15, 0.2) is 0 Å². The molecule has 3 nitrogen and oxygen atoms in total. The van der Waals surface area contributed by atoms with Crippen LogP contribution in [0.3, 0.4) is 0 Å². The van der Waals surface area contributed by atoms with Crippen molar-refractivity contribution in [2.45, 2.75) is 57.1 Å². The summed E-state index contributed by atoms with van der Waals surface area (Å²) < 4.78 is 5.60. The van der Waals surface area contributed by atoms with E-state index in [1.54, 1.807) is 7.11 Å². The van der Waals surface area contributed by atoms with Gasteiger partial charge in [0.1, 0.15) is 5.78 Å². The molecule has 1 saturated carbocycles. The fourth-order valence-electron chi connectivity index (χ4n) is 3.04. The molecule has 16 heavy (non-hydrogen) atoms. The summed E-state index contributed by atoms with van der Waals surface area (Å²) in [6, 6.07) is 0.482. The van der Waals surface area contributed by atoms with Crippen molar-refractivity contribution in [3.05, 3.63) is 0 Å². The van der Waals surface area contributed by atoms with Gasteiger partial charge in [0.25, 0.3) is 0 Å². The zero-order valence-electron chi connectivity index (χ0n) is 10.5. The Bertz CT molecular complexity index is 267. The van der Waals surface area contributed by atoms with Crippen molar-refractivity contribution in [2.75, 3.05) is 20.2 Å². The molecule has 0 radical (unpaired) electrons. The number of Topliss-reactive ketones (excluding diaryl/α,β-unsaturated/α-hetero) is 1. The monoisotopic (exact) mass is 225 g/mol. The topological polar surface area (TPSA) is 29.5 Å². The SMILES string of the molecule is COC1(C)CCCN(C2CCCC(=O)C2)C1. The van der Waals surface area contributed by atoms with E-state index in [1.807, 2.05) is 0 Å². The fraction of sp³-hybridized carbons (Fsp3) is 0.923. The summed E-state index contributed by atoms with van der Waals surface area (Å²) in [6.45, 7) is 4.31. The number of rotatable bonds is 2. The van der Waals surface area contributed by atoms with Crippen molar-refractivity contribution in [3.8, 4) is 0 Å². The Morgan fingerprint density at radius 3 is 2.94 bits per heavy atom. The van der Waals surface area contributed by atoms with Gasteiger partial charge in [-0.15, -0.1) is 0 Å². The van der Waals surface area contributed by atoms with Gasteiger partial charge in [-0.1, -0.05) is 0 Å². The van der Waals surface area contributed by atoms with E-state index in [9.17, 15) is 4.79 Å². The van der Waals surface area contributed by atoms with E-state index in [0.717, 1.165) is 38.8 Å². The lowest BCUT2D eigenvalue weighted by molar-refractivity contribution is -0.123. The van der Waals surface area contributed by atoms with Crippen LogP contribution in [0.2, 0.25) is 0 Å². The predicted octanol–water partition coefficient (Wildman–Crippen LogP) is 2.00. The number of methoxy groups -OCH3 is 1. The van der Waals surface area contributed by atoms with Crippen molar-refractivity contribution in [1.29, 1.82) is 0 Å². The number of carbonyl (C=O) groups excluding carboxylic acids is 1. The highest BCUT2D eigenvalue weighted by molar-refractivity contribution is 5.79. The first-order valence-corrected chi connectivity index (χ1v) is 6.44. The summed E-state index contributed by atoms with van der Waals surface area (Å²) in [4.78, 5) is 14.0. The molecule has 1 saturated heterocycles. The van der Waals surface area contributed by atoms with Crippen molar-refractivity contribution >= 4 is 5.78 Å². The third-order valence-corrected chi connectivity index (χ3v) is 4.15. The van der Waals surface area contributed by atoms with Crippen LogP contribution in [-0.2, 0) is 9.53 Å². The number of piperidine rings is 1. The summed E-state index contributed by atoms with van der Waals surface area (Å²) in [5.41, 5.74) is -0.00125. The Morgan fingerprint density at radius 2 is 2.25 bits per heavy atom. The average Bonchev–Trinajstić information content (AvgIpc) is 2.29. The second-order valence-corrected chi connectivity index (χ2v) is 5.52. The maximum atomic E-state index is 11.5. The molecule has 0 amide bonds. The van der Waals surface area contributed by atoms with E-state index in [-0.39, 0.29) is 5.60 Å². The quantitative estimate of drug-likeness (QED) is 0.720. The molecule has 2 unspecified atom stereocenters. The molecule has 0 aromatic heterocycles. The average molecular weight is 225 g/mol. The summed E-state index contributed by atoms with van der Waals surface area (Å²) >= 11 is 0. The van der Waals surface area contributed by atoms with Crippen LogP contribution in [0.25, 0.3) is 0 Å². The summed E-state index contributed by atoms with van der Waals surface area (Å²) in [7, 11) is 1.80. The second kappa shape index (κ2) is 4.84. The molecule has 1 aliphatic heterocycles. The molecule has 92 valence electrons. The van der Waals surface area contributed by atoms with E-state index in [0.29, 0.717) is 11.8 Å². The standard InChI is InChI=1S/C13H23NO2/c1-13(16-2)7-4-8-14(10-13)11-5-3-6-12(15)9-11/h11H,3-10H2,1-2H3. The van der Waals surface area contributed by atoms with E-state index in [2.05, 4.69) is 11.8 Å². The van der Waals surface area contributed by atoms with Gasteiger partial charge in [0, 0.05) is 32.5 Å². The van der Waals surface area contributed by atoms with Crippen LogP contribution in [0.1, 0.15) is 45.4 Å². The number of hydrogen-bond donors (Lipinski definition) is 0. The summed E-state index contributed by atoms with van der Waals surface area (Å²) in [6.07, 6.45) is 6.15. The van der Waals surface area contributed by atoms with Gasteiger partial charge in [-0.3, -0.25) is 9.69 Å². The Kier molecular flexibility index (Phi) is 3.65. The first-order chi connectivity index (χ1) is 7.63. The zero-order chi connectivity index (χ0) is 11.6. The van der Waals surface area contributed by atoms with Crippen LogP contribution in [0.4, 0.5) is 0 Å². The van der Waals surface area contributed by atoms with Crippen molar-refractivity contribution in [3.63, 3.8) is 0 Å². The lowest BCUT2D eigenvalue weighted by Crippen LogP contribution is -2.52. The van der Waals surface area contributed by atoms with Gasteiger partial charge >= 0.3 is 0 Å². The van der Waals surface area contributed by atoms with Gasteiger partial charge in [-0.05, 0) is 39.2 Å². The van der Waals surface area contributed by atoms with Gasteiger partial charge in [0.2, 0.25) is 0 Å². The molecule has 2 fully saturated rings. The molecule has 2 rings (SSSR count). The number of hydrogen-bond acceptors (Lipinski definition) is 3. The number of ketones is 1. The van der Waals surface area contributed by atoms with Crippen LogP contribution >= 0.6 is 0 Å². The molecule has 0 bridgehead atoms. The van der Waals surface area contributed by atoms with Gasteiger partial charge < -0.3 is 4.74 Å². The summed E-state index contributed by atoms with van der Waals surface area (Å²) in [5, 5.41) is 0. The molecular weight excluding hydrogens is 202 g/mol. The lowest BCUT2D eigenvalue weighted by Gasteiger charge is -2.44. The third-order valence-electron chi connectivity index (χ3n) is 4.15. The highest BCUT2D eigenvalue weighted by Gasteiger charge is 2.35. The van der Waals surface area contributed by atoms with Crippen LogP contribution in [-0.4, -0.2) is 42.5 Å². The van der Waals surface area contributed by atoms with Crippen LogP contribution < -0.4 is 0 Å². The molecule has 0 spiro atoms. The predicted molar refractivity (Wildman–Crippen MR) is 63.5 cm³/mol. The van der Waals surface area contributed by atoms with Gasteiger partial charge in [-0.2, -0.15) is 0 Å². The van der Waals surface area contributed by atoms with Gasteiger partial charge in [-0.25, -0.2) is 0 Å². The van der Waals surface area contributed by atoms with Gasteiger partial charge in [0.15, 0.2) is 0 Å². The van der Waals surface area contributed by atoms with Crippen LogP contribution in [0, 0.1) is 0 Å². The largest absolute Gasteiger partial charge is 0.377 e. The maximum Gasteiger partial charge on any atom is 0.134 e. The van der Waals surface area contributed by atoms with Crippen molar-refractivity contribution in [2.24, 2.45) is 0 Å². The second-order valence-electron chi connectivity index (χ2n) is 5.52. The normalized spacial score (nSPS) is 37.6. The first-order valence-electron chi connectivity index (χ1n) is 6.44. The molecule has 3 heteroatoms. The smallest absolute Gasteiger partial charge is 0.134 e. The number of carbonyl (C=O) groups is 1. The van der Waals surface area contributed by atoms with Crippen molar-refractivity contribution < 1.29 is 9.53 Å². The van der Waals surface area contributed by atoms with E-state index >= 15 is 0 Å². The van der Waals surface area contributed by atoms with E-state index in [4.69, 9.17) is 4.74 Å². The maximum absolute atomic E-state index is 11.5. The Hall–Kier alpha value is -0.410. The molecule has 0 N–H and O–H groups in total. The van der Waals surface area contributed by atoms with E-state index < -0.39 is 0 Å². The van der Waals surface area contributed by atoms with Gasteiger partial charge in [0.05, 0.1) is 5.60 Å². The highest BCUT2D eigenvalue weighted by Crippen LogP contribution is 2.29. The summed E-state index contributed by atoms with van der Waals surface area (Å²) in [5.74, 6) is 0.445. The lowest BCUT2D eigenvalue weighted by atomic mass is 9.88.